The highest BCUT2D eigenvalue weighted by Gasteiger charge is 2.30. The van der Waals surface area contributed by atoms with Gasteiger partial charge < -0.3 is 15.3 Å². The molecule has 0 bridgehead atoms. The molecule has 150 valence electrons. The van der Waals surface area contributed by atoms with Gasteiger partial charge in [0.1, 0.15) is 23.0 Å². The zero-order valence-electron chi connectivity index (χ0n) is 15.4. The predicted molar refractivity (Wildman–Crippen MR) is 99.9 cm³/mol. The number of nitrogens with zero attached hydrogens (tertiary/aromatic N) is 4. The van der Waals surface area contributed by atoms with Crippen LogP contribution in [-0.4, -0.2) is 38.1 Å². The largest absolute Gasteiger partial charge is 0.477 e. The number of rotatable bonds is 4. The number of aromatic carboxylic acids is 1. The van der Waals surface area contributed by atoms with Crippen molar-refractivity contribution in [3.8, 4) is 0 Å². The van der Waals surface area contributed by atoms with E-state index in [4.69, 9.17) is 0 Å². The first-order valence-electron chi connectivity index (χ1n) is 8.97. The lowest BCUT2D eigenvalue weighted by atomic mass is 10.0. The average molecular weight is 401 g/mol. The molecule has 0 unspecified atom stereocenters. The smallest absolute Gasteiger partial charge is 0.343 e. The Morgan fingerprint density at radius 3 is 2.79 bits per heavy atom. The molecule has 0 radical (unpaired) electrons. The van der Waals surface area contributed by atoms with Gasteiger partial charge in [-0.1, -0.05) is 0 Å². The summed E-state index contributed by atoms with van der Waals surface area (Å²) in [4.78, 5) is 29.3. The van der Waals surface area contributed by atoms with Crippen molar-refractivity contribution in [1.29, 1.82) is 0 Å². The summed E-state index contributed by atoms with van der Waals surface area (Å²) in [6.45, 7) is 1.80. The van der Waals surface area contributed by atoms with E-state index in [1.165, 1.54) is 23.7 Å². The fourth-order valence-electron chi connectivity index (χ4n) is 3.67. The number of carbonyl (C=O) groups is 2. The van der Waals surface area contributed by atoms with Crippen LogP contribution in [0.1, 0.15) is 41.7 Å². The van der Waals surface area contributed by atoms with Gasteiger partial charge in [0.15, 0.2) is 11.5 Å². The summed E-state index contributed by atoms with van der Waals surface area (Å²) < 4.78 is 29.2. The highest BCUT2D eigenvalue weighted by atomic mass is 19.1. The summed E-state index contributed by atoms with van der Waals surface area (Å²) in [6, 6.07) is 4.53. The zero-order chi connectivity index (χ0) is 20.7. The van der Waals surface area contributed by atoms with E-state index < -0.39 is 29.6 Å². The monoisotopic (exact) mass is 401 g/mol. The van der Waals surface area contributed by atoms with Crippen molar-refractivity contribution in [2.45, 2.75) is 25.8 Å². The molecule has 0 spiro atoms. The fraction of sp³-hybridized carbons (Fsp3) is 0.263. The molecule has 1 amide bonds. The zero-order valence-corrected chi connectivity index (χ0v) is 15.4. The number of carbonyl (C=O) groups excluding carboxylic acids is 1. The van der Waals surface area contributed by atoms with Crippen LogP contribution in [0.4, 0.5) is 20.4 Å². The molecule has 1 aliphatic heterocycles. The van der Waals surface area contributed by atoms with Crippen LogP contribution < -0.4 is 10.2 Å². The predicted octanol–water partition coefficient (Wildman–Crippen LogP) is 3.01. The van der Waals surface area contributed by atoms with E-state index in [1.807, 2.05) is 4.90 Å². The van der Waals surface area contributed by atoms with E-state index in [0.717, 1.165) is 18.6 Å². The molecule has 2 aromatic heterocycles. The lowest BCUT2D eigenvalue weighted by Crippen LogP contribution is -2.24. The van der Waals surface area contributed by atoms with Crippen LogP contribution >= 0.6 is 0 Å². The SMILES string of the molecule is CC(=O)Nc1nn2ccc(N3CCC[C@@H]3c3cc(F)ccc3F)nc2c1C(=O)O. The number of anilines is 2. The first kappa shape index (κ1) is 18.8. The van der Waals surface area contributed by atoms with Crippen LogP contribution in [0.2, 0.25) is 0 Å². The minimum absolute atomic E-state index is 0.0455. The van der Waals surface area contributed by atoms with Gasteiger partial charge in [-0.2, -0.15) is 0 Å². The Balaban J connectivity index is 1.79. The van der Waals surface area contributed by atoms with E-state index in [1.54, 1.807) is 6.07 Å². The fourth-order valence-corrected chi connectivity index (χ4v) is 3.67. The maximum absolute atomic E-state index is 14.3. The number of hydrogen-bond acceptors (Lipinski definition) is 5. The lowest BCUT2D eigenvalue weighted by Gasteiger charge is -2.26. The molecule has 1 fully saturated rings. The summed E-state index contributed by atoms with van der Waals surface area (Å²) in [5.41, 5.74) is 0.0360. The van der Waals surface area contributed by atoms with Crippen LogP contribution in [0.25, 0.3) is 5.65 Å². The molecule has 29 heavy (non-hydrogen) atoms. The highest BCUT2D eigenvalue weighted by Crippen LogP contribution is 2.37. The minimum Gasteiger partial charge on any atom is -0.477 e. The van der Waals surface area contributed by atoms with Gasteiger partial charge in [-0.05, 0) is 37.1 Å². The van der Waals surface area contributed by atoms with E-state index >= 15 is 0 Å². The number of amides is 1. The summed E-state index contributed by atoms with van der Waals surface area (Å²) >= 11 is 0. The minimum atomic E-state index is -1.29. The van der Waals surface area contributed by atoms with Crippen LogP contribution in [0.3, 0.4) is 0 Å². The third-order valence-electron chi connectivity index (χ3n) is 4.84. The Hall–Kier alpha value is -3.56. The number of benzene rings is 1. The van der Waals surface area contributed by atoms with E-state index in [0.29, 0.717) is 18.8 Å². The summed E-state index contributed by atoms with van der Waals surface area (Å²) in [5, 5.41) is 16.0. The molecular formula is C19H17F2N5O3. The molecule has 0 aliphatic carbocycles. The van der Waals surface area contributed by atoms with Crippen LogP contribution in [0.5, 0.6) is 0 Å². The first-order chi connectivity index (χ1) is 13.8. The number of fused-ring (bicyclic) bond motifs is 1. The maximum Gasteiger partial charge on any atom is 0.343 e. The molecule has 1 aliphatic rings. The molecule has 1 aromatic carbocycles. The maximum atomic E-state index is 14.3. The Morgan fingerprint density at radius 2 is 2.07 bits per heavy atom. The number of halogens is 2. The van der Waals surface area contributed by atoms with Crippen LogP contribution in [0, 0.1) is 11.6 Å². The Bertz CT molecular complexity index is 1130. The number of carboxylic acids is 1. The average Bonchev–Trinajstić information content (AvgIpc) is 3.26. The van der Waals surface area contributed by atoms with Crippen molar-refractivity contribution < 1.29 is 23.5 Å². The van der Waals surface area contributed by atoms with Gasteiger partial charge in [0.25, 0.3) is 0 Å². The number of hydrogen-bond donors (Lipinski definition) is 2. The Kier molecular flexibility index (Phi) is 4.61. The van der Waals surface area contributed by atoms with Gasteiger partial charge >= 0.3 is 5.97 Å². The van der Waals surface area contributed by atoms with Gasteiger partial charge in [-0.15, -0.1) is 5.10 Å². The van der Waals surface area contributed by atoms with E-state index in [-0.39, 0.29) is 22.6 Å². The summed E-state index contributed by atoms with van der Waals surface area (Å²) in [7, 11) is 0. The van der Waals surface area contributed by atoms with Gasteiger partial charge in [-0.25, -0.2) is 23.1 Å². The second-order valence-corrected chi connectivity index (χ2v) is 6.78. The standard InChI is InChI=1S/C19H17F2N5O3/c1-10(27)22-17-16(19(28)29)18-23-15(6-8-26(18)24-17)25-7-2-3-14(25)12-9-11(20)4-5-13(12)21/h4-6,8-9,14H,2-3,7H2,1H3,(H,28,29)(H,22,24,27)/t14-/m1/s1. The number of aromatic nitrogens is 3. The third-order valence-corrected chi connectivity index (χ3v) is 4.84. The van der Waals surface area contributed by atoms with Crippen molar-refractivity contribution in [3.63, 3.8) is 0 Å². The lowest BCUT2D eigenvalue weighted by molar-refractivity contribution is -0.114. The summed E-state index contributed by atoms with van der Waals surface area (Å²) in [6.07, 6.45) is 2.87. The van der Waals surface area contributed by atoms with Crippen LogP contribution in [-0.2, 0) is 4.79 Å². The molecule has 8 nitrogen and oxygen atoms in total. The van der Waals surface area contributed by atoms with Gasteiger partial charge in [0, 0.05) is 25.2 Å². The van der Waals surface area contributed by atoms with Crippen molar-refractivity contribution in [1.82, 2.24) is 14.6 Å². The molecule has 0 saturated carbocycles. The summed E-state index contributed by atoms with van der Waals surface area (Å²) in [5.74, 6) is -2.47. The van der Waals surface area contributed by atoms with E-state index in [9.17, 15) is 23.5 Å². The normalized spacial score (nSPS) is 16.4. The van der Waals surface area contributed by atoms with Crippen molar-refractivity contribution in [2.24, 2.45) is 0 Å². The number of carboxylic acid groups (broad SMARTS) is 1. The first-order valence-corrected chi connectivity index (χ1v) is 8.97. The Labute approximate surface area is 163 Å². The van der Waals surface area contributed by atoms with E-state index in [2.05, 4.69) is 15.4 Å². The molecule has 10 heteroatoms. The van der Waals surface area contributed by atoms with Crippen LogP contribution in [0.15, 0.2) is 30.5 Å². The van der Waals surface area contributed by atoms with Crippen molar-refractivity contribution >= 4 is 29.2 Å². The van der Waals surface area contributed by atoms with Gasteiger partial charge in [-0.3, -0.25) is 4.79 Å². The molecule has 1 atom stereocenters. The third kappa shape index (κ3) is 3.37. The quantitative estimate of drug-likeness (QED) is 0.697. The highest BCUT2D eigenvalue weighted by molar-refractivity contribution is 6.03. The number of nitrogens with one attached hydrogen (secondary N) is 1. The van der Waals surface area contributed by atoms with Gasteiger partial charge in [0.05, 0.1) is 6.04 Å². The molecular weight excluding hydrogens is 384 g/mol. The van der Waals surface area contributed by atoms with Gasteiger partial charge in [0.2, 0.25) is 5.91 Å². The Morgan fingerprint density at radius 1 is 1.28 bits per heavy atom. The molecule has 1 saturated heterocycles. The molecule has 3 aromatic rings. The topological polar surface area (TPSA) is 99.8 Å². The second kappa shape index (κ2) is 7.12. The molecule has 2 N–H and O–H groups in total. The van der Waals surface area contributed by atoms with Crippen molar-refractivity contribution in [2.75, 3.05) is 16.8 Å². The van der Waals surface area contributed by atoms with Crippen molar-refractivity contribution in [3.05, 3.63) is 53.2 Å². The molecule has 3 heterocycles. The second-order valence-electron chi connectivity index (χ2n) is 6.78. The molecule has 4 rings (SSSR count).